The first-order valence-corrected chi connectivity index (χ1v) is 9.58. The predicted octanol–water partition coefficient (Wildman–Crippen LogP) is 4.23. The maximum absolute atomic E-state index is 11.1. The topological polar surface area (TPSA) is 40.5 Å². The van der Waals surface area contributed by atoms with Gasteiger partial charge in [0.2, 0.25) is 0 Å². The number of aliphatic hydroxyl groups is 2. The lowest BCUT2D eigenvalue weighted by atomic mass is 9.47. The molecule has 3 fully saturated rings. The number of hydrogen-bond donors (Lipinski definition) is 2. The summed E-state index contributed by atoms with van der Waals surface area (Å²) in [7, 11) is 0. The van der Waals surface area contributed by atoms with Gasteiger partial charge in [-0.15, -0.1) is 6.58 Å². The number of rotatable bonds is 1. The molecular weight excluding hydrogens is 284 g/mol. The molecule has 0 aliphatic heterocycles. The number of fused-ring (bicyclic) bond motifs is 5. The molecule has 23 heavy (non-hydrogen) atoms. The highest BCUT2D eigenvalue weighted by Crippen LogP contribution is 2.67. The summed E-state index contributed by atoms with van der Waals surface area (Å²) in [5.74, 6) is 2.05. The zero-order valence-electron chi connectivity index (χ0n) is 14.7. The highest BCUT2D eigenvalue weighted by atomic mass is 16.3. The van der Waals surface area contributed by atoms with Crippen molar-refractivity contribution in [1.29, 1.82) is 0 Å². The average Bonchev–Trinajstić information content (AvgIpc) is 2.80. The Morgan fingerprint density at radius 1 is 1.13 bits per heavy atom. The molecule has 2 N–H and O–H groups in total. The van der Waals surface area contributed by atoms with Crippen LogP contribution < -0.4 is 0 Å². The monoisotopic (exact) mass is 316 g/mol. The van der Waals surface area contributed by atoms with Crippen molar-refractivity contribution in [2.45, 2.75) is 76.9 Å². The quantitative estimate of drug-likeness (QED) is 0.711. The Bertz CT molecular complexity index is 552. The third-order valence-electron chi connectivity index (χ3n) is 8.63. The first-order valence-electron chi connectivity index (χ1n) is 9.58. The molecule has 0 heterocycles. The van der Waals surface area contributed by atoms with E-state index in [4.69, 9.17) is 0 Å². The Morgan fingerprint density at radius 2 is 1.87 bits per heavy atom. The fraction of sp³-hybridized carbons (Fsp3) is 0.810. The molecule has 7 atom stereocenters. The van der Waals surface area contributed by atoms with Gasteiger partial charge in [0.25, 0.3) is 0 Å². The van der Waals surface area contributed by atoms with Crippen molar-refractivity contribution in [3.8, 4) is 0 Å². The second kappa shape index (κ2) is 4.95. The molecule has 0 radical (unpaired) electrons. The average molecular weight is 316 g/mol. The molecular formula is C21H32O2. The van der Waals surface area contributed by atoms with E-state index in [9.17, 15) is 10.2 Å². The van der Waals surface area contributed by atoms with E-state index in [1.165, 1.54) is 12.0 Å². The fourth-order valence-corrected chi connectivity index (χ4v) is 7.03. The van der Waals surface area contributed by atoms with Gasteiger partial charge < -0.3 is 10.2 Å². The third kappa shape index (κ3) is 1.94. The minimum atomic E-state index is -0.670. The minimum absolute atomic E-state index is 0.00575. The van der Waals surface area contributed by atoms with E-state index >= 15 is 0 Å². The van der Waals surface area contributed by atoms with Gasteiger partial charge in [-0.1, -0.05) is 31.6 Å². The molecule has 0 aromatic carbocycles. The highest BCUT2D eigenvalue weighted by Gasteiger charge is 2.62. The fourth-order valence-electron chi connectivity index (χ4n) is 7.03. The number of allylic oxidation sites excluding steroid dienone is 1. The highest BCUT2D eigenvalue weighted by molar-refractivity contribution is 5.27. The van der Waals surface area contributed by atoms with Crippen LogP contribution in [0.4, 0.5) is 0 Å². The molecule has 2 nitrogen and oxygen atoms in total. The zero-order chi connectivity index (χ0) is 16.5. The molecule has 0 aromatic rings. The lowest BCUT2D eigenvalue weighted by Gasteiger charge is -2.58. The second-order valence-corrected chi connectivity index (χ2v) is 9.28. The molecule has 0 bridgehead atoms. The Labute approximate surface area is 140 Å². The smallest absolute Gasteiger partial charge is 0.0881 e. The summed E-state index contributed by atoms with van der Waals surface area (Å²) in [4.78, 5) is 0. The van der Waals surface area contributed by atoms with E-state index in [0.717, 1.165) is 50.9 Å². The van der Waals surface area contributed by atoms with Crippen molar-refractivity contribution in [2.24, 2.45) is 28.6 Å². The van der Waals surface area contributed by atoms with Crippen LogP contribution in [0.15, 0.2) is 24.3 Å². The summed E-state index contributed by atoms with van der Waals surface area (Å²) >= 11 is 0. The van der Waals surface area contributed by atoms with E-state index in [2.05, 4.69) is 26.5 Å². The SMILES string of the molecule is C=C[C@]1(O)CCC2C3CC=C4C[C@@H](O)CC[C@]4(C)C3CC[C@@]21C. The van der Waals surface area contributed by atoms with Crippen molar-refractivity contribution in [2.75, 3.05) is 0 Å². The molecule has 3 saturated carbocycles. The van der Waals surface area contributed by atoms with E-state index in [1.54, 1.807) is 0 Å². The molecule has 3 unspecified atom stereocenters. The van der Waals surface area contributed by atoms with Gasteiger partial charge in [0.1, 0.15) is 0 Å². The van der Waals surface area contributed by atoms with Gasteiger partial charge in [0.15, 0.2) is 0 Å². The summed E-state index contributed by atoms with van der Waals surface area (Å²) < 4.78 is 0. The second-order valence-electron chi connectivity index (χ2n) is 9.28. The molecule has 4 rings (SSSR count). The van der Waals surface area contributed by atoms with E-state index in [0.29, 0.717) is 17.3 Å². The van der Waals surface area contributed by atoms with Gasteiger partial charge in [-0.05, 0) is 74.5 Å². The normalized spacial score (nSPS) is 55.4. The van der Waals surface area contributed by atoms with Crippen molar-refractivity contribution < 1.29 is 10.2 Å². The Kier molecular flexibility index (Phi) is 3.42. The Morgan fingerprint density at radius 3 is 2.61 bits per heavy atom. The van der Waals surface area contributed by atoms with Gasteiger partial charge >= 0.3 is 0 Å². The van der Waals surface area contributed by atoms with Gasteiger partial charge in [0, 0.05) is 5.41 Å². The zero-order valence-corrected chi connectivity index (χ0v) is 14.7. The Hall–Kier alpha value is -0.600. The van der Waals surface area contributed by atoms with Crippen LogP contribution in [0.25, 0.3) is 0 Å². The Balaban J connectivity index is 1.69. The van der Waals surface area contributed by atoms with E-state index in [-0.39, 0.29) is 11.5 Å². The first kappa shape index (κ1) is 15.9. The summed E-state index contributed by atoms with van der Waals surface area (Å²) in [6.45, 7) is 8.72. The van der Waals surface area contributed by atoms with E-state index in [1.807, 2.05) is 6.08 Å². The molecule has 0 amide bonds. The third-order valence-corrected chi connectivity index (χ3v) is 8.63. The van der Waals surface area contributed by atoms with Crippen LogP contribution in [0, 0.1) is 28.6 Å². The van der Waals surface area contributed by atoms with Crippen LogP contribution in [0.2, 0.25) is 0 Å². The maximum atomic E-state index is 11.1. The maximum Gasteiger partial charge on any atom is 0.0881 e. The van der Waals surface area contributed by atoms with Crippen LogP contribution in [0.3, 0.4) is 0 Å². The van der Waals surface area contributed by atoms with Gasteiger partial charge in [-0.2, -0.15) is 0 Å². The lowest BCUT2D eigenvalue weighted by molar-refractivity contribution is -0.101. The molecule has 0 spiro atoms. The van der Waals surface area contributed by atoms with Crippen molar-refractivity contribution >= 4 is 0 Å². The summed E-state index contributed by atoms with van der Waals surface area (Å²) in [6, 6.07) is 0. The van der Waals surface area contributed by atoms with Crippen LogP contribution in [0.1, 0.15) is 65.2 Å². The largest absolute Gasteiger partial charge is 0.393 e. The van der Waals surface area contributed by atoms with Crippen molar-refractivity contribution in [3.05, 3.63) is 24.3 Å². The van der Waals surface area contributed by atoms with Gasteiger partial charge in [-0.25, -0.2) is 0 Å². The summed E-state index contributed by atoms with van der Waals surface area (Å²) in [6.07, 6.45) is 12.6. The van der Waals surface area contributed by atoms with E-state index < -0.39 is 5.60 Å². The molecule has 2 heteroatoms. The molecule has 4 aliphatic rings. The van der Waals surface area contributed by atoms with Crippen LogP contribution in [-0.4, -0.2) is 21.9 Å². The molecule has 0 aromatic heterocycles. The van der Waals surface area contributed by atoms with Crippen LogP contribution in [-0.2, 0) is 0 Å². The molecule has 128 valence electrons. The predicted molar refractivity (Wildman–Crippen MR) is 92.9 cm³/mol. The lowest BCUT2D eigenvalue weighted by Crippen LogP contribution is -2.54. The van der Waals surface area contributed by atoms with Gasteiger partial charge in [-0.3, -0.25) is 0 Å². The van der Waals surface area contributed by atoms with Crippen LogP contribution >= 0.6 is 0 Å². The van der Waals surface area contributed by atoms with Crippen molar-refractivity contribution in [1.82, 2.24) is 0 Å². The van der Waals surface area contributed by atoms with Crippen LogP contribution in [0.5, 0.6) is 0 Å². The summed E-state index contributed by atoms with van der Waals surface area (Å²) in [5.41, 5.74) is 1.15. The standard InChI is InChI=1S/C21H32O2/c1-4-21(23)12-9-18-16-6-5-14-13-15(22)7-10-19(14,2)17(16)8-11-20(18,21)3/h4-5,15-18,22-23H,1,6-13H2,2-3H3/t15-,16?,17?,18?,19-,20-,21-/m0/s1. The molecule has 0 saturated heterocycles. The van der Waals surface area contributed by atoms with Crippen molar-refractivity contribution in [3.63, 3.8) is 0 Å². The number of aliphatic hydroxyl groups excluding tert-OH is 1. The molecule has 4 aliphatic carbocycles. The van der Waals surface area contributed by atoms with Gasteiger partial charge in [0.05, 0.1) is 11.7 Å². The first-order chi connectivity index (χ1) is 10.8. The minimum Gasteiger partial charge on any atom is -0.393 e. The summed E-state index contributed by atoms with van der Waals surface area (Å²) in [5, 5.41) is 21.2. The number of hydrogen-bond acceptors (Lipinski definition) is 2.